The number of aromatic nitrogens is 1. The van der Waals surface area contributed by atoms with Crippen LogP contribution in [-0.2, 0) is 6.54 Å². The first-order valence-electron chi connectivity index (χ1n) is 6.92. The molecule has 0 aromatic carbocycles. The van der Waals surface area contributed by atoms with E-state index >= 15 is 0 Å². The molecule has 2 heterocycles. The minimum atomic E-state index is 0.168. The summed E-state index contributed by atoms with van der Waals surface area (Å²) in [4.78, 5) is 8.57. The molecule has 0 amide bonds. The zero-order valence-electron chi connectivity index (χ0n) is 12.0. The van der Waals surface area contributed by atoms with Crippen LogP contribution in [0.4, 0.5) is 5.13 Å². The van der Waals surface area contributed by atoms with Crippen molar-refractivity contribution in [2.45, 2.75) is 59.0 Å². The summed E-state index contributed by atoms with van der Waals surface area (Å²) >= 11 is 1.86. The molecule has 0 unspecified atom stereocenters. The summed E-state index contributed by atoms with van der Waals surface area (Å²) in [7, 11) is 0. The van der Waals surface area contributed by atoms with Crippen molar-refractivity contribution in [3.05, 3.63) is 10.6 Å². The van der Waals surface area contributed by atoms with Gasteiger partial charge in [0, 0.05) is 30.1 Å². The monoisotopic (exact) mass is 267 g/mol. The van der Waals surface area contributed by atoms with Crippen molar-refractivity contribution in [2.75, 3.05) is 18.0 Å². The van der Waals surface area contributed by atoms with E-state index in [0.717, 1.165) is 6.54 Å². The van der Waals surface area contributed by atoms with Gasteiger partial charge >= 0.3 is 0 Å². The molecule has 2 rings (SSSR count). The summed E-state index contributed by atoms with van der Waals surface area (Å²) < 4.78 is 0. The highest BCUT2D eigenvalue weighted by molar-refractivity contribution is 7.15. The molecule has 1 fully saturated rings. The van der Waals surface area contributed by atoms with E-state index in [-0.39, 0.29) is 5.54 Å². The summed E-state index contributed by atoms with van der Waals surface area (Å²) in [6, 6.07) is 0. The molecule has 1 saturated heterocycles. The second-order valence-electron chi connectivity index (χ2n) is 6.16. The van der Waals surface area contributed by atoms with Crippen molar-refractivity contribution in [2.24, 2.45) is 0 Å². The molecular weight excluding hydrogens is 242 g/mol. The number of nitrogens with one attached hydrogen (secondary N) is 1. The Morgan fingerprint density at radius 1 is 1.22 bits per heavy atom. The van der Waals surface area contributed by atoms with Crippen molar-refractivity contribution in [3.8, 4) is 0 Å². The van der Waals surface area contributed by atoms with Crippen molar-refractivity contribution in [1.82, 2.24) is 10.3 Å². The highest BCUT2D eigenvalue weighted by atomic mass is 32.1. The number of piperidine rings is 1. The van der Waals surface area contributed by atoms with E-state index in [4.69, 9.17) is 4.98 Å². The molecule has 1 aliphatic rings. The van der Waals surface area contributed by atoms with Crippen LogP contribution in [-0.4, -0.2) is 23.6 Å². The lowest BCUT2D eigenvalue weighted by atomic mass is 10.1. The Hall–Kier alpha value is -0.610. The fourth-order valence-corrected chi connectivity index (χ4v) is 3.19. The first kappa shape index (κ1) is 13.8. The van der Waals surface area contributed by atoms with Crippen molar-refractivity contribution in [1.29, 1.82) is 0 Å². The Balaban J connectivity index is 2.02. The zero-order chi connectivity index (χ0) is 13.2. The first-order chi connectivity index (χ1) is 8.46. The second-order valence-corrected chi connectivity index (χ2v) is 7.22. The van der Waals surface area contributed by atoms with Crippen molar-refractivity contribution < 1.29 is 0 Å². The average Bonchev–Trinajstić information content (AvgIpc) is 2.68. The normalized spacial score (nSPS) is 17.2. The van der Waals surface area contributed by atoms with Gasteiger partial charge in [0.2, 0.25) is 0 Å². The molecule has 1 aliphatic heterocycles. The highest BCUT2D eigenvalue weighted by Crippen LogP contribution is 2.28. The van der Waals surface area contributed by atoms with E-state index in [9.17, 15) is 0 Å². The Morgan fingerprint density at radius 3 is 2.50 bits per heavy atom. The van der Waals surface area contributed by atoms with E-state index in [1.807, 2.05) is 11.3 Å². The number of aryl methyl sites for hydroxylation is 1. The topological polar surface area (TPSA) is 28.2 Å². The molecule has 1 aromatic rings. The number of thiazole rings is 1. The molecule has 0 saturated carbocycles. The van der Waals surface area contributed by atoms with Crippen LogP contribution < -0.4 is 10.2 Å². The van der Waals surface area contributed by atoms with Gasteiger partial charge in [-0.2, -0.15) is 0 Å². The third-order valence-corrected chi connectivity index (χ3v) is 4.51. The van der Waals surface area contributed by atoms with E-state index in [1.165, 1.54) is 48.1 Å². The first-order valence-corrected chi connectivity index (χ1v) is 7.74. The van der Waals surface area contributed by atoms with Crippen LogP contribution in [0.1, 0.15) is 50.6 Å². The number of hydrogen-bond donors (Lipinski definition) is 1. The van der Waals surface area contributed by atoms with Crippen LogP contribution >= 0.6 is 11.3 Å². The third-order valence-electron chi connectivity index (χ3n) is 3.29. The summed E-state index contributed by atoms with van der Waals surface area (Å²) in [6.07, 6.45) is 4.00. The van der Waals surface area contributed by atoms with Crippen LogP contribution in [0.25, 0.3) is 0 Å². The van der Waals surface area contributed by atoms with Gasteiger partial charge in [-0.3, -0.25) is 0 Å². The predicted octanol–water partition coefficient (Wildman–Crippen LogP) is 3.33. The molecule has 0 bridgehead atoms. The SMILES string of the molecule is Cc1nc(N2CCCCC2)sc1CNC(C)(C)C. The Kier molecular flexibility index (Phi) is 4.28. The second kappa shape index (κ2) is 5.57. The zero-order valence-corrected chi connectivity index (χ0v) is 12.9. The lowest BCUT2D eigenvalue weighted by molar-refractivity contribution is 0.425. The van der Waals surface area contributed by atoms with Gasteiger partial charge in [0.15, 0.2) is 5.13 Å². The lowest BCUT2D eigenvalue weighted by Crippen LogP contribution is -2.34. The van der Waals surface area contributed by atoms with Crippen LogP contribution in [0.15, 0.2) is 0 Å². The van der Waals surface area contributed by atoms with Gasteiger partial charge < -0.3 is 10.2 Å². The molecule has 0 aliphatic carbocycles. The van der Waals surface area contributed by atoms with E-state index in [0.29, 0.717) is 0 Å². The minimum Gasteiger partial charge on any atom is -0.348 e. The number of anilines is 1. The molecule has 1 aromatic heterocycles. The van der Waals surface area contributed by atoms with Crippen LogP contribution in [0.3, 0.4) is 0 Å². The van der Waals surface area contributed by atoms with E-state index < -0.39 is 0 Å². The number of rotatable bonds is 3. The smallest absolute Gasteiger partial charge is 0.185 e. The summed E-state index contributed by atoms with van der Waals surface area (Å²) in [5, 5.41) is 4.77. The average molecular weight is 267 g/mol. The van der Waals surface area contributed by atoms with Gasteiger partial charge in [0.1, 0.15) is 0 Å². The van der Waals surface area contributed by atoms with Gasteiger partial charge in [-0.05, 0) is 47.0 Å². The van der Waals surface area contributed by atoms with Gasteiger partial charge in [-0.15, -0.1) is 11.3 Å². The predicted molar refractivity (Wildman–Crippen MR) is 79.5 cm³/mol. The Labute approximate surface area is 115 Å². The summed E-state index contributed by atoms with van der Waals surface area (Å²) in [5.41, 5.74) is 1.36. The third kappa shape index (κ3) is 3.69. The van der Waals surface area contributed by atoms with Gasteiger partial charge in [-0.25, -0.2) is 4.98 Å². The highest BCUT2D eigenvalue weighted by Gasteiger charge is 2.17. The summed E-state index contributed by atoms with van der Waals surface area (Å²) in [5.74, 6) is 0. The molecule has 0 atom stereocenters. The quantitative estimate of drug-likeness (QED) is 0.910. The van der Waals surface area contributed by atoms with Crippen LogP contribution in [0.2, 0.25) is 0 Å². The molecule has 4 heteroatoms. The maximum atomic E-state index is 4.74. The van der Waals surface area contributed by atoms with E-state index in [2.05, 4.69) is 37.9 Å². The Bertz CT molecular complexity index is 386. The molecule has 0 radical (unpaired) electrons. The molecule has 3 nitrogen and oxygen atoms in total. The fraction of sp³-hybridized carbons (Fsp3) is 0.786. The number of hydrogen-bond acceptors (Lipinski definition) is 4. The minimum absolute atomic E-state index is 0.168. The van der Waals surface area contributed by atoms with E-state index in [1.54, 1.807) is 0 Å². The van der Waals surface area contributed by atoms with Crippen LogP contribution in [0.5, 0.6) is 0 Å². The van der Waals surface area contributed by atoms with Crippen molar-refractivity contribution in [3.63, 3.8) is 0 Å². The maximum Gasteiger partial charge on any atom is 0.185 e. The molecular formula is C14H25N3S. The Morgan fingerprint density at radius 2 is 1.89 bits per heavy atom. The fourth-order valence-electron chi connectivity index (χ4n) is 2.14. The maximum absolute atomic E-state index is 4.74. The standard InChI is InChI=1S/C14H25N3S/c1-11-12(10-15-14(2,3)4)18-13(16-11)17-8-6-5-7-9-17/h15H,5-10H2,1-4H3. The number of nitrogens with zero attached hydrogens (tertiary/aromatic N) is 2. The van der Waals surface area contributed by atoms with Gasteiger partial charge in [0.25, 0.3) is 0 Å². The van der Waals surface area contributed by atoms with Gasteiger partial charge in [0.05, 0.1) is 5.69 Å². The molecule has 102 valence electrons. The van der Waals surface area contributed by atoms with Crippen LogP contribution in [0, 0.1) is 6.92 Å². The molecule has 1 N–H and O–H groups in total. The van der Waals surface area contributed by atoms with Gasteiger partial charge in [-0.1, -0.05) is 0 Å². The molecule has 18 heavy (non-hydrogen) atoms. The lowest BCUT2D eigenvalue weighted by Gasteiger charge is -2.25. The summed E-state index contributed by atoms with van der Waals surface area (Å²) in [6.45, 7) is 12.0. The molecule has 0 spiro atoms. The van der Waals surface area contributed by atoms with Crippen molar-refractivity contribution >= 4 is 16.5 Å². The largest absolute Gasteiger partial charge is 0.348 e.